The molecule has 4 N–H and O–H groups in total. The van der Waals surface area contributed by atoms with Gasteiger partial charge in [-0.2, -0.15) is 0 Å². The van der Waals surface area contributed by atoms with E-state index < -0.39 is 0 Å². The molecule has 0 unspecified atom stereocenters. The molecular weight excluding hydrogens is 214 g/mol. The standard InChI is InChI=1S/C13H19N3O/c14-11-5-3-7-16(9-11)8-10-4-1-2-6-12(10)13(15)17/h1-2,4,6,11H,3,5,7-9,14H2,(H2,15,17)/t11-/m0/s1. The SMILES string of the molecule is NC(=O)c1ccccc1CN1CCC[C@H](N)C1. The van der Waals surface area contributed by atoms with Gasteiger partial charge in [0.05, 0.1) is 0 Å². The summed E-state index contributed by atoms with van der Waals surface area (Å²) in [5.41, 5.74) is 12.9. The number of likely N-dealkylation sites (tertiary alicyclic amines) is 1. The van der Waals surface area contributed by atoms with E-state index >= 15 is 0 Å². The van der Waals surface area contributed by atoms with Gasteiger partial charge in [-0.25, -0.2) is 0 Å². The normalized spacial score (nSPS) is 21.4. The van der Waals surface area contributed by atoms with E-state index in [1.807, 2.05) is 18.2 Å². The molecule has 0 spiro atoms. The van der Waals surface area contributed by atoms with Crippen molar-refractivity contribution in [2.75, 3.05) is 13.1 Å². The molecule has 0 aliphatic carbocycles. The van der Waals surface area contributed by atoms with Crippen LogP contribution in [0.4, 0.5) is 0 Å². The lowest BCUT2D eigenvalue weighted by Gasteiger charge is -2.31. The van der Waals surface area contributed by atoms with Crippen LogP contribution in [0.25, 0.3) is 0 Å². The van der Waals surface area contributed by atoms with Gasteiger partial charge in [-0.3, -0.25) is 9.69 Å². The van der Waals surface area contributed by atoms with Crippen molar-refractivity contribution in [3.05, 3.63) is 35.4 Å². The zero-order valence-corrected chi connectivity index (χ0v) is 9.93. The highest BCUT2D eigenvalue weighted by Crippen LogP contribution is 2.15. The fraction of sp³-hybridized carbons (Fsp3) is 0.462. The first-order valence-corrected chi connectivity index (χ1v) is 6.02. The number of nitrogens with two attached hydrogens (primary N) is 2. The summed E-state index contributed by atoms with van der Waals surface area (Å²) in [5.74, 6) is -0.359. The second kappa shape index (κ2) is 5.29. The number of amides is 1. The van der Waals surface area contributed by atoms with Crippen molar-refractivity contribution in [2.24, 2.45) is 11.5 Å². The number of carbonyl (C=O) groups excluding carboxylic acids is 1. The number of piperidine rings is 1. The van der Waals surface area contributed by atoms with E-state index in [1.165, 1.54) is 0 Å². The number of carbonyl (C=O) groups is 1. The molecule has 0 saturated carbocycles. The van der Waals surface area contributed by atoms with Crippen LogP contribution in [-0.4, -0.2) is 29.9 Å². The lowest BCUT2D eigenvalue weighted by molar-refractivity contribution is 0.0997. The van der Waals surface area contributed by atoms with Crippen LogP contribution in [0, 0.1) is 0 Å². The Morgan fingerprint density at radius 3 is 2.88 bits per heavy atom. The Morgan fingerprint density at radius 1 is 1.41 bits per heavy atom. The first-order valence-electron chi connectivity index (χ1n) is 6.02. The van der Waals surface area contributed by atoms with E-state index in [0.717, 1.165) is 38.0 Å². The summed E-state index contributed by atoms with van der Waals surface area (Å²) in [5, 5.41) is 0. The number of hydrogen-bond acceptors (Lipinski definition) is 3. The molecule has 1 aromatic rings. The zero-order chi connectivity index (χ0) is 12.3. The summed E-state index contributed by atoms with van der Waals surface area (Å²) < 4.78 is 0. The van der Waals surface area contributed by atoms with Crippen LogP contribution in [-0.2, 0) is 6.54 Å². The Bertz CT molecular complexity index is 405. The van der Waals surface area contributed by atoms with Crippen LogP contribution in [0.2, 0.25) is 0 Å². The Hall–Kier alpha value is -1.39. The number of nitrogens with zero attached hydrogens (tertiary/aromatic N) is 1. The third-order valence-electron chi connectivity index (χ3n) is 3.22. The minimum Gasteiger partial charge on any atom is -0.366 e. The van der Waals surface area contributed by atoms with Crippen LogP contribution >= 0.6 is 0 Å². The average Bonchev–Trinajstić information content (AvgIpc) is 2.29. The fourth-order valence-corrected chi connectivity index (χ4v) is 2.37. The second-order valence-electron chi connectivity index (χ2n) is 4.66. The van der Waals surface area contributed by atoms with Crippen molar-refractivity contribution in [3.8, 4) is 0 Å². The molecule has 1 aliphatic rings. The molecule has 1 heterocycles. The smallest absolute Gasteiger partial charge is 0.249 e. The number of primary amides is 1. The Balaban J connectivity index is 2.10. The summed E-state index contributed by atoms with van der Waals surface area (Å²) in [6.45, 7) is 2.70. The minimum absolute atomic E-state index is 0.254. The zero-order valence-electron chi connectivity index (χ0n) is 9.93. The number of hydrogen-bond donors (Lipinski definition) is 2. The van der Waals surface area contributed by atoms with Gasteiger partial charge < -0.3 is 11.5 Å². The van der Waals surface area contributed by atoms with Gasteiger partial charge in [0.25, 0.3) is 0 Å². The van der Waals surface area contributed by atoms with Crippen molar-refractivity contribution < 1.29 is 4.79 Å². The highest BCUT2D eigenvalue weighted by Gasteiger charge is 2.18. The molecule has 1 saturated heterocycles. The van der Waals surface area contributed by atoms with E-state index in [0.29, 0.717) is 5.56 Å². The van der Waals surface area contributed by atoms with Gasteiger partial charge in [0.2, 0.25) is 5.91 Å². The van der Waals surface area contributed by atoms with Crippen molar-refractivity contribution in [2.45, 2.75) is 25.4 Å². The van der Waals surface area contributed by atoms with Crippen molar-refractivity contribution in [1.29, 1.82) is 0 Å². The Labute approximate surface area is 102 Å². The van der Waals surface area contributed by atoms with Gasteiger partial charge in [0, 0.05) is 24.7 Å². The maximum Gasteiger partial charge on any atom is 0.249 e. The van der Waals surface area contributed by atoms with Crippen molar-refractivity contribution in [3.63, 3.8) is 0 Å². The predicted octanol–water partition coefficient (Wildman–Crippen LogP) is 0.709. The lowest BCUT2D eigenvalue weighted by atomic mass is 10.0. The summed E-state index contributed by atoms with van der Waals surface area (Å²) in [6.07, 6.45) is 2.22. The molecule has 1 atom stereocenters. The maximum atomic E-state index is 11.3. The first kappa shape index (κ1) is 12.1. The van der Waals surface area contributed by atoms with Crippen molar-refractivity contribution in [1.82, 2.24) is 4.90 Å². The molecule has 4 heteroatoms. The van der Waals surface area contributed by atoms with Gasteiger partial charge in [-0.15, -0.1) is 0 Å². The summed E-state index contributed by atoms with van der Waals surface area (Å²) in [7, 11) is 0. The topological polar surface area (TPSA) is 72.4 Å². The highest BCUT2D eigenvalue weighted by molar-refractivity contribution is 5.94. The fourth-order valence-electron chi connectivity index (χ4n) is 2.37. The molecule has 0 aromatic heterocycles. The molecule has 1 aromatic carbocycles. The van der Waals surface area contributed by atoms with Crippen molar-refractivity contribution >= 4 is 5.91 Å². The third-order valence-corrected chi connectivity index (χ3v) is 3.22. The molecule has 1 fully saturated rings. The van der Waals surface area contributed by atoms with Gasteiger partial charge in [-0.05, 0) is 31.0 Å². The average molecular weight is 233 g/mol. The van der Waals surface area contributed by atoms with E-state index in [9.17, 15) is 4.79 Å². The predicted molar refractivity (Wildman–Crippen MR) is 67.4 cm³/mol. The van der Waals surface area contributed by atoms with Crippen LogP contribution < -0.4 is 11.5 Å². The molecule has 2 rings (SSSR count). The number of benzene rings is 1. The van der Waals surface area contributed by atoms with E-state index in [2.05, 4.69) is 4.90 Å². The first-order chi connectivity index (χ1) is 8.16. The minimum atomic E-state index is -0.359. The van der Waals surface area contributed by atoms with Crippen LogP contribution in [0.3, 0.4) is 0 Å². The van der Waals surface area contributed by atoms with Crippen LogP contribution in [0.5, 0.6) is 0 Å². The molecule has 17 heavy (non-hydrogen) atoms. The Morgan fingerprint density at radius 2 is 2.18 bits per heavy atom. The highest BCUT2D eigenvalue weighted by atomic mass is 16.1. The second-order valence-corrected chi connectivity index (χ2v) is 4.66. The molecule has 1 aliphatic heterocycles. The van der Waals surface area contributed by atoms with Crippen LogP contribution in [0.1, 0.15) is 28.8 Å². The van der Waals surface area contributed by atoms with Crippen LogP contribution in [0.15, 0.2) is 24.3 Å². The Kier molecular flexibility index (Phi) is 3.76. The molecule has 0 bridgehead atoms. The molecule has 0 radical (unpaired) electrons. The van der Waals surface area contributed by atoms with Gasteiger partial charge in [0.1, 0.15) is 0 Å². The summed E-state index contributed by atoms with van der Waals surface area (Å²) in [6, 6.07) is 7.77. The van der Waals surface area contributed by atoms with Gasteiger partial charge >= 0.3 is 0 Å². The van der Waals surface area contributed by atoms with E-state index in [1.54, 1.807) is 6.07 Å². The molecule has 4 nitrogen and oxygen atoms in total. The largest absolute Gasteiger partial charge is 0.366 e. The molecule has 92 valence electrons. The lowest BCUT2D eigenvalue weighted by Crippen LogP contribution is -2.42. The van der Waals surface area contributed by atoms with Gasteiger partial charge in [-0.1, -0.05) is 18.2 Å². The maximum absolute atomic E-state index is 11.3. The monoisotopic (exact) mass is 233 g/mol. The number of rotatable bonds is 3. The summed E-state index contributed by atoms with van der Waals surface area (Å²) >= 11 is 0. The quantitative estimate of drug-likeness (QED) is 0.807. The van der Waals surface area contributed by atoms with E-state index in [-0.39, 0.29) is 11.9 Å². The van der Waals surface area contributed by atoms with Gasteiger partial charge in [0.15, 0.2) is 0 Å². The van der Waals surface area contributed by atoms with E-state index in [4.69, 9.17) is 11.5 Å². The molecule has 1 amide bonds. The molecular formula is C13H19N3O. The third kappa shape index (κ3) is 3.05. The summed E-state index contributed by atoms with van der Waals surface area (Å²) in [4.78, 5) is 13.6.